The van der Waals surface area contributed by atoms with Crippen molar-refractivity contribution in [2.45, 2.75) is 24.2 Å². The SMILES string of the molecule is CS(=O)(=O)c1c(CC2CCNCC2)ccc2c1OCCO2. The Morgan fingerprint density at radius 3 is 2.62 bits per heavy atom. The Balaban J connectivity index is 1.99. The number of ether oxygens (including phenoxy) is 2. The zero-order valence-corrected chi connectivity index (χ0v) is 13.0. The van der Waals surface area contributed by atoms with Gasteiger partial charge in [0.25, 0.3) is 0 Å². The summed E-state index contributed by atoms with van der Waals surface area (Å²) in [5.74, 6) is 1.46. The number of benzene rings is 1. The minimum atomic E-state index is -3.35. The first kappa shape index (κ1) is 14.7. The lowest BCUT2D eigenvalue weighted by Gasteiger charge is -2.26. The highest BCUT2D eigenvalue weighted by atomic mass is 32.2. The van der Waals surface area contributed by atoms with E-state index in [1.54, 1.807) is 0 Å². The van der Waals surface area contributed by atoms with E-state index in [9.17, 15) is 8.42 Å². The molecule has 6 heteroatoms. The summed E-state index contributed by atoms with van der Waals surface area (Å²) >= 11 is 0. The van der Waals surface area contributed by atoms with E-state index in [1.165, 1.54) is 6.26 Å². The number of sulfone groups is 1. The van der Waals surface area contributed by atoms with E-state index < -0.39 is 9.84 Å². The number of hydrogen-bond donors (Lipinski definition) is 1. The van der Waals surface area contributed by atoms with E-state index in [4.69, 9.17) is 9.47 Å². The Hall–Kier alpha value is -1.27. The maximum Gasteiger partial charge on any atom is 0.180 e. The fourth-order valence-corrected chi connectivity index (χ4v) is 4.22. The Morgan fingerprint density at radius 2 is 1.90 bits per heavy atom. The molecule has 1 fully saturated rings. The van der Waals surface area contributed by atoms with Crippen molar-refractivity contribution < 1.29 is 17.9 Å². The molecule has 0 unspecified atom stereocenters. The molecule has 2 aliphatic heterocycles. The Bertz CT molecular complexity index is 621. The number of rotatable bonds is 3. The summed E-state index contributed by atoms with van der Waals surface area (Å²) < 4.78 is 35.5. The predicted octanol–water partition coefficient (Wildman–Crippen LogP) is 1.40. The first-order valence-electron chi connectivity index (χ1n) is 7.38. The molecule has 0 aliphatic carbocycles. The van der Waals surface area contributed by atoms with Crippen LogP contribution in [0.5, 0.6) is 11.5 Å². The van der Waals surface area contributed by atoms with Crippen molar-refractivity contribution in [3.63, 3.8) is 0 Å². The van der Waals surface area contributed by atoms with Crippen molar-refractivity contribution in [1.82, 2.24) is 5.32 Å². The second kappa shape index (κ2) is 5.85. The van der Waals surface area contributed by atoms with Crippen LogP contribution in [0.25, 0.3) is 0 Å². The molecule has 3 rings (SSSR count). The summed E-state index contributed by atoms with van der Waals surface area (Å²) in [6.45, 7) is 2.86. The fraction of sp³-hybridized carbons (Fsp3) is 0.600. The average Bonchev–Trinajstić information content (AvgIpc) is 2.47. The zero-order chi connectivity index (χ0) is 14.9. The molecule has 5 nitrogen and oxygen atoms in total. The average molecular weight is 311 g/mol. The van der Waals surface area contributed by atoms with Crippen molar-refractivity contribution in [1.29, 1.82) is 0 Å². The van der Waals surface area contributed by atoms with Crippen LogP contribution >= 0.6 is 0 Å². The molecule has 0 bridgehead atoms. The minimum absolute atomic E-state index is 0.318. The maximum absolute atomic E-state index is 12.2. The van der Waals surface area contributed by atoms with Crippen molar-refractivity contribution in [2.75, 3.05) is 32.6 Å². The molecule has 1 aromatic carbocycles. The van der Waals surface area contributed by atoms with E-state index >= 15 is 0 Å². The van der Waals surface area contributed by atoms with E-state index in [1.807, 2.05) is 12.1 Å². The number of piperidine rings is 1. The van der Waals surface area contributed by atoms with Crippen LogP contribution in [-0.4, -0.2) is 41.0 Å². The van der Waals surface area contributed by atoms with Crippen LogP contribution in [0.3, 0.4) is 0 Å². The van der Waals surface area contributed by atoms with Crippen LogP contribution in [0, 0.1) is 5.92 Å². The van der Waals surface area contributed by atoms with Gasteiger partial charge in [-0.25, -0.2) is 8.42 Å². The number of fused-ring (bicyclic) bond motifs is 1. The molecule has 0 saturated carbocycles. The molecule has 21 heavy (non-hydrogen) atoms. The van der Waals surface area contributed by atoms with Gasteiger partial charge < -0.3 is 14.8 Å². The molecule has 2 heterocycles. The van der Waals surface area contributed by atoms with Gasteiger partial charge in [-0.1, -0.05) is 6.07 Å². The first-order chi connectivity index (χ1) is 10.1. The highest BCUT2D eigenvalue weighted by molar-refractivity contribution is 7.90. The minimum Gasteiger partial charge on any atom is -0.486 e. The van der Waals surface area contributed by atoms with E-state index in [2.05, 4.69) is 5.32 Å². The van der Waals surface area contributed by atoms with Crippen LogP contribution in [0.4, 0.5) is 0 Å². The molecular formula is C15H21NO4S. The lowest BCUT2D eigenvalue weighted by atomic mass is 9.91. The smallest absolute Gasteiger partial charge is 0.180 e. The Kier molecular flexibility index (Phi) is 4.08. The molecule has 1 N–H and O–H groups in total. The molecule has 0 aromatic heterocycles. The highest BCUT2D eigenvalue weighted by Crippen LogP contribution is 2.40. The molecule has 116 valence electrons. The van der Waals surface area contributed by atoms with Crippen LogP contribution < -0.4 is 14.8 Å². The van der Waals surface area contributed by atoms with Gasteiger partial charge in [0.05, 0.1) is 0 Å². The van der Waals surface area contributed by atoms with Gasteiger partial charge in [0, 0.05) is 6.26 Å². The first-order valence-corrected chi connectivity index (χ1v) is 9.27. The van der Waals surface area contributed by atoms with E-state index in [0.29, 0.717) is 35.5 Å². The van der Waals surface area contributed by atoms with E-state index in [-0.39, 0.29) is 0 Å². The molecule has 0 radical (unpaired) electrons. The third-order valence-corrected chi connectivity index (χ3v) is 5.27. The molecule has 1 saturated heterocycles. The van der Waals surface area contributed by atoms with Gasteiger partial charge in [-0.3, -0.25) is 0 Å². The lowest BCUT2D eigenvalue weighted by Crippen LogP contribution is -2.29. The normalized spacial score (nSPS) is 19.5. The van der Waals surface area contributed by atoms with Gasteiger partial charge in [-0.2, -0.15) is 0 Å². The third kappa shape index (κ3) is 3.16. The largest absolute Gasteiger partial charge is 0.486 e. The van der Waals surface area contributed by atoms with Gasteiger partial charge >= 0.3 is 0 Å². The maximum atomic E-state index is 12.2. The monoisotopic (exact) mass is 311 g/mol. The topological polar surface area (TPSA) is 64.6 Å². The summed E-state index contributed by atoms with van der Waals surface area (Å²) in [7, 11) is -3.35. The predicted molar refractivity (Wildman–Crippen MR) is 79.8 cm³/mol. The van der Waals surface area contributed by atoms with Crippen molar-refractivity contribution in [2.24, 2.45) is 5.92 Å². The molecule has 0 spiro atoms. The van der Waals surface area contributed by atoms with Crippen LogP contribution in [0.15, 0.2) is 17.0 Å². The molecule has 2 aliphatic rings. The summed E-state index contributed by atoms with van der Waals surface area (Å²) in [6.07, 6.45) is 4.18. The summed E-state index contributed by atoms with van der Waals surface area (Å²) in [5, 5.41) is 3.33. The van der Waals surface area contributed by atoms with Crippen LogP contribution in [-0.2, 0) is 16.3 Å². The summed E-state index contributed by atoms with van der Waals surface area (Å²) in [6, 6.07) is 3.71. The van der Waals surface area contributed by atoms with Gasteiger partial charge in [0.15, 0.2) is 21.3 Å². The Labute approximate surface area is 125 Å². The number of hydrogen-bond acceptors (Lipinski definition) is 5. The highest BCUT2D eigenvalue weighted by Gasteiger charge is 2.27. The van der Waals surface area contributed by atoms with Crippen molar-refractivity contribution in [3.8, 4) is 11.5 Å². The fourth-order valence-electron chi connectivity index (χ4n) is 3.10. The number of nitrogens with one attached hydrogen (secondary N) is 1. The van der Waals surface area contributed by atoms with Crippen LogP contribution in [0.2, 0.25) is 0 Å². The summed E-state index contributed by atoms with van der Waals surface area (Å²) in [4.78, 5) is 0.318. The summed E-state index contributed by atoms with van der Waals surface area (Å²) in [5.41, 5.74) is 0.855. The zero-order valence-electron chi connectivity index (χ0n) is 12.2. The van der Waals surface area contributed by atoms with Crippen LogP contribution in [0.1, 0.15) is 18.4 Å². The second-order valence-electron chi connectivity index (χ2n) is 5.75. The van der Waals surface area contributed by atoms with Crippen molar-refractivity contribution >= 4 is 9.84 Å². The molecule has 0 amide bonds. The molecular weight excluding hydrogens is 290 g/mol. The molecule has 0 atom stereocenters. The standard InChI is InChI=1S/C15H21NO4S/c1-21(17,18)15-12(10-11-4-6-16-7-5-11)2-3-13-14(15)20-9-8-19-13/h2-3,11,16H,4-10H2,1H3. The van der Waals surface area contributed by atoms with Gasteiger partial charge in [-0.05, 0) is 49.9 Å². The van der Waals surface area contributed by atoms with Gasteiger partial charge in [-0.15, -0.1) is 0 Å². The van der Waals surface area contributed by atoms with Gasteiger partial charge in [0.2, 0.25) is 0 Å². The molecule has 1 aromatic rings. The second-order valence-corrected chi connectivity index (χ2v) is 7.70. The Morgan fingerprint density at radius 1 is 1.19 bits per heavy atom. The van der Waals surface area contributed by atoms with E-state index in [0.717, 1.165) is 37.9 Å². The third-order valence-electron chi connectivity index (χ3n) is 4.08. The van der Waals surface area contributed by atoms with Gasteiger partial charge in [0.1, 0.15) is 18.1 Å². The van der Waals surface area contributed by atoms with Crippen molar-refractivity contribution in [3.05, 3.63) is 17.7 Å². The quantitative estimate of drug-likeness (QED) is 0.914. The lowest BCUT2D eigenvalue weighted by molar-refractivity contribution is 0.166.